The Kier molecular flexibility index (Phi) is 6.53. The number of carboxylic acids is 1. The highest BCUT2D eigenvalue weighted by Crippen LogP contribution is 2.30. The molecule has 0 bridgehead atoms. The van der Waals surface area contributed by atoms with E-state index in [1.165, 1.54) is 4.90 Å². The fourth-order valence-electron chi connectivity index (χ4n) is 3.10. The maximum Gasteiger partial charge on any atom is 0.410 e. The first kappa shape index (κ1) is 21.5. The van der Waals surface area contributed by atoms with Crippen LogP contribution in [0.5, 0.6) is 0 Å². The van der Waals surface area contributed by atoms with E-state index in [0.717, 1.165) is 5.56 Å². The van der Waals surface area contributed by atoms with E-state index in [-0.39, 0.29) is 26.1 Å². The second kappa shape index (κ2) is 8.50. The van der Waals surface area contributed by atoms with E-state index in [9.17, 15) is 19.5 Å². The number of nitrogens with zero attached hydrogens (tertiary/aromatic N) is 1. The van der Waals surface area contributed by atoms with E-state index in [4.69, 9.17) is 9.47 Å². The molecule has 1 aliphatic rings. The first-order valence-corrected chi connectivity index (χ1v) is 9.17. The summed E-state index contributed by atoms with van der Waals surface area (Å²) in [7, 11) is 0. The SMILES string of the molecule is CC(C)(C)OC(=O)N[C@H]1CN(C(=O)OCc2ccccc2)C[C@@](C)(C(=O)O)C1. The van der Waals surface area contributed by atoms with Crippen LogP contribution in [0.1, 0.15) is 39.7 Å². The molecule has 1 fully saturated rings. The first-order valence-electron chi connectivity index (χ1n) is 9.17. The van der Waals surface area contributed by atoms with Crippen molar-refractivity contribution in [2.45, 2.75) is 52.4 Å². The van der Waals surface area contributed by atoms with Crippen LogP contribution in [0.2, 0.25) is 0 Å². The van der Waals surface area contributed by atoms with Gasteiger partial charge in [0.25, 0.3) is 0 Å². The minimum atomic E-state index is -1.20. The highest BCUT2D eigenvalue weighted by atomic mass is 16.6. The molecule has 28 heavy (non-hydrogen) atoms. The Morgan fingerprint density at radius 3 is 2.46 bits per heavy atom. The van der Waals surface area contributed by atoms with Crippen molar-refractivity contribution in [1.82, 2.24) is 10.2 Å². The van der Waals surface area contributed by atoms with Crippen molar-refractivity contribution in [2.24, 2.45) is 5.41 Å². The van der Waals surface area contributed by atoms with Crippen LogP contribution in [0.4, 0.5) is 9.59 Å². The number of alkyl carbamates (subject to hydrolysis) is 1. The zero-order chi connectivity index (χ0) is 20.9. The summed E-state index contributed by atoms with van der Waals surface area (Å²) in [4.78, 5) is 37.7. The van der Waals surface area contributed by atoms with Gasteiger partial charge in [-0.2, -0.15) is 0 Å². The van der Waals surface area contributed by atoms with Gasteiger partial charge in [-0.1, -0.05) is 30.3 Å². The quantitative estimate of drug-likeness (QED) is 0.816. The molecule has 0 unspecified atom stereocenters. The van der Waals surface area contributed by atoms with Crippen molar-refractivity contribution in [3.05, 3.63) is 35.9 Å². The van der Waals surface area contributed by atoms with Crippen LogP contribution in [0.25, 0.3) is 0 Å². The largest absolute Gasteiger partial charge is 0.481 e. The van der Waals surface area contributed by atoms with Crippen LogP contribution < -0.4 is 5.32 Å². The van der Waals surface area contributed by atoms with Gasteiger partial charge in [-0.15, -0.1) is 0 Å². The molecule has 2 amide bonds. The zero-order valence-corrected chi connectivity index (χ0v) is 16.7. The average molecular weight is 392 g/mol. The number of aliphatic carboxylic acids is 1. The van der Waals surface area contributed by atoms with Gasteiger partial charge in [0.15, 0.2) is 0 Å². The summed E-state index contributed by atoms with van der Waals surface area (Å²) in [6.45, 7) is 7.00. The fourth-order valence-corrected chi connectivity index (χ4v) is 3.10. The summed E-state index contributed by atoms with van der Waals surface area (Å²) in [5, 5.41) is 12.3. The number of ether oxygens (including phenoxy) is 2. The molecule has 8 nitrogen and oxygen atoms in total. The van der Waals surface area contributed by atoms with Gasteiger partial charge in [-0.25, -0.2) is 9.59 Å². The number of carbonyl (C=O) groups is 3. The minimum Gasteiger partial charge on any atom is -0.481 e. The van der Waals surface area contributed by atoms with Gasteiger partial charge in [-0.3, -0.25) is 4.79 Å². The van der Waals surface area contributed by atoms with Crippen molar-refractivity contribution >= 4 is 18.2 Å². The molecule has 1 heterocycles. The Labute approximate surface area is 164 Å². The molecule has 1 aliphatic heterocycles. The fraction of sp³-hybridized carbons (Fsp3) is 0.550. The zero-order valence-electron chi connectivity index (χ0n) is 16.7. The second-order valence-corrected chi connectivity index (χ2v) is 8.33. The molecule has 8 heteroatoms. The van der Waals surface area contributed by atoms with Gasteiger partial charge in [0.1, 0.15) is 12.2 Å². The normalized spacial score (nSPS) is 22.3. The van der Waals surface area contributed by atoms with E-state index in [0.29, 0.717) is 0 Å². The summed E-state index contributed by atoms with van der Waals surface area (Å²) in [6, 6.07) is 8.64. The number of likely N-dealkylation sites (tertiary alicyclic amines) is 1. The summed E-state index contributed by atoms with van der Waals surface area (Å²) in [5.41, 5.74) is -1.05. The second-order valence-electron chi connectivity index (χ2n) is 8.33. The van der Waals surface area contributed by atoms with E-state index in [1.807, 2.05) is 30.3 Å². The molecule has 2 atom stereocenters. The summed E-state index contributed by atoms with van der Waals surface area (Å²) >= 11 is 0. The van der Waals surface area contributed by atoms with Crippen molar-refractivity contribution in [3.8, 4) is 0 Å². The molecule has 0 spiro atoms. The predicted octanol–water partition coefficient (Wildman–Crippen LogP) is 3.01. The molecule has 0 aromatic heterocycles. The summed E-state index contributed by atoms with van der Waals surface area (Å²) in [6.07, 6.45) is -1.08. The van der Waals surface area contributed by atoms with Gasteiger partial charge < -0.3 is 24.8 Å². The van der Waals surface area contributed by atoms with Gasteiger partial charge in [0, 0.05) is 13.1 Å². The van der Waals surface area contributed by atoms with Gasteiger partial charge >= 0.3 is 18.2 Å². The minimum absolute atomic E-state index is 0.00244. The Bertz CT molecular complexity index is 715. The van der Waals surface area contributed by atoms with E-state index in [2.05, 4.69) is 5.32 Å². The molecule has 2 N–H and O–H groups in total. The third-order valence-corrected chi connectivity index (χ3v) is 4.38. The number of amides is 2. The molecular formula is C20H28N2O6. The smallest absolute Gasteiger partial charge is 0.410 e. The molecular weight excluding hydrogens is 364 g/mol. The Morgan fingerprint density at radius 2 is 1.89 bits per heavy atom. The lowest BCUT2D eigenvalue weighted by Crippen LogP contribution is -2.58. The monoisotopic (exact) mass is 392 g/mol. The Balaban J connectivity index is 2.04. The van der Waals surface area contributed by atoms with Crippen LogP contribution >= 0.6 is 0 Å². The molecule has 1 aromatic rings. The van der Waals surface area contributed by atoms with Crippen molar-refractivity contribution in [2.75, 3.05) is 13.1 Å². The number of benzene rings is 1. The van der Waals surface area contributed by atoms with Gasteiger partial charge in [-0.05, 0) is 39.7 Å². The highest BCUT2D eigenvalue weighted by molar-refractivity contribution is 5.77. The lowest BCUT2D eigenvalue weighted by Gasteiger charge is -2.41. The van der Waals surface area contributed by atoms with Crippen molar-refractivity contribution in [3.63, 3.8) is 0 Å². The van der Waals surface area contributed by atoms with E-state index >= 15 is 0 Å². The van der Waals surface area contributed by atoms with Crippen LogP contribution in [-0.4, -0.2) is 52.9 Å². The maximum atomic E-state index is 12.5. The number of carboxylic acid groups (broad SMARTS) is 1. The number of nitrogens with one attached hydrogen (secondary N) is 1. The number of rotatable bonds is 4. The Morgan fingerprint density at radius 1 is 1.25 bits per heavy atom. The Hall–Kier alpha value is -2.77. The van der Waals surface area contributed by atoms with Crippen LogP contribution in [-0.2, 0) is 20.9 Å². The van der Waals surface area contributed by atoms with Gasteiger partial charge in [0.05, 0.1) is 11.5 Å². The predicted molar refractivity (Wildman–Crippen MR) is 102 cm³/mol. The molecule has 1 aromatic carbocycles. The van der Waals surface area contributed by atoms with Gasteiger partial charge in [0.2, 0.25) is 0 Å². The number of hydrogen-bond acceptors (Lipinski definition) is 5. The maximum absolute atomic E-state index is 12.5. The summed E-state index contributed by atoms with van der Waals surface area (Å²) in [5.74, 6) is -1.04. The topological polar surface area (TPSA) is 105 Å². The van der Waals surface area contributed by atoms with Crippen LogP contribution in [0.3, 0.4) is 0 Å². The lowest BCUT2D eigenvalue weighted by atomic mass is 9.80. The standard InChI is InChI=1S/C20H28N2O6/c1-19(2,3)28-17(25)21-15-10-20(4,16(23)24)13-22(11-15)18(26)27-12-14-8-6-5-7-9-14/h5-9,15H,10-13H2,1-4H3,(H,21,25)(H,23,24)/t15-,20+/m1/s1. The molecule has 0 aliphatic carbocycles. The third-order valence-electron chi connectivity index (χ3n) is 4.38. The lowest BCUT2D eigenvalue weighted by molar-refractivity contribution is -0.151. The number of piperidine rings is 1. The molecule has 0 radical (unpaired) electrons. The number of hydrogen-bond donors (Lipinski definition) is 2. The van der Waals surface area contributed by atoms with Crippen molar-refractivity contribution in [1.29, 1.82) is 0 Å². The molecule has 1 saturated heterocycles. The third kappa shape index (κ3) is 6.14. The van der Waals surface area contributed by atoms with E-state index in [1.54, 1.807) is 27.7 Å². The summed E-state index contributed by atoms with van der Waals surface area (Å²) < 4.78 is 10.6. The average Bonchev–Trinajstić information content (AvgIpc) is 2.58. The number of carbonyl (C=O) groups excluding carboxylic acids is 2. The molecule has 154 valence electrons. The highest BCUT2D eigenvalue weighted by Gasteiger charge is 2.44. The first-order chi connectivity index (χ1) is 13.0. The molecule has 2 rings (SSSR count). The van der Waals surface area contributed by atoms with E-state index < -0.39 is 35.2 Å². The van der Waals surface area contributed by atoms with Crippen molar-refractivity contribution < 1.29 is 29.0 Å². The molecule has 0 saturated carbocycles. The van der Waals surface area contributed by atoms with Crippen LogP contribution in [0.15, 0.2) is 30.3 Å². The van der Waals surface area contributed by atoms with Crippen LogP contribution in [0, 0.1) is 5.41 Å².